The summed E-state index contributed by atoms with van der Waals surface area (Å²) in [4.78, 5) is 4.02. The maximum absolute atomic E-state index is 8.50. The number of hydrogen-bond donors (Lipinski definition) is 1. The van der Waals surface area contributed by atoms with E-state index in [2.05, 4.69) is 20.9 Å². The molecule has 0 unspecified atom stereocenters. The van der Waals surface area contributed by atoms with E-state index in [0.29, 0.717) is 0 Å². The lowest BCUT2D eigenvalue weighted by Gasteiger charge is -1.93. The largest absolute Gasteiger partial charge is 0.392 e. The fraction of sp³-hybridized carbons (Fsp3) is 0.125. The number of hydrogen-bond acceptors (Lipinski definition) is 2. The zero-order valence-electron chi connectivity index (χ0n) is 5.87. The molecule has 0 aromatic carbocycles. The minimum atomic E-state index is 0.0569. The van der Waals surface area contributed by atoms with Crippen molar-refractivity contribution in [3.63, 3.8) is 0 Å². The van der Waals surface area contributed by atoms with E-state index in [9.17, 15) is 0 Å². The van der Waals surface area contributed by atoms with Gasteiger partial charge in [-0.2, -0.15) is 0 Å². The average molecular weight is 214 g/mol. The van der Waals surface area contributed by atoms with Crippen molar-refractivity contribution in [2.45, 2.75) is 0 Å². The summed E-state index contributed by atoms with van der Waals surface area (Å²) in [7, 11) is 0. The molecule has 2 nitrogen and oxygen atoms in total. The van der Waals surface area contributed by atoms with Gasteiger partial charge in [-0.15, -0.1) is 0 Å². The number of aliphatic hydroxyl groups is 1. The van der Waals surface area contributed by atoms with Crippen LogP contribution in [0, 0.1) is 0 Å². The third kappa shape index (κ3) is 2.44. The molecule has 0 amide bonds. The van der Waals surface area contributed by atoms with E-state index in [-0.39, 0.29) is 6.61 Å². The van der Waals surface area contributed by atoms with Crippen LogP contribution in [0.1, 0.15) is 5.56 Å². The normalized spacial score (nSPS) is 10.7. The van der Waals surface area contributed by atoms with Crippen LogP contribution in [0.3, 0.4) is 0 Å². The van der Waals surface area contributed by atoms with Gasteiger partial charge in [0.2, 0.25) is 0 Å². The number of halogens is 1. The molecule has 0 aliphatic carbocycles. The maximum Gasteiger partial charge on any atom is 0.113 e. The van der Waals surface area contributed by atoms with Crippen LogP contribution in [0.4, 0.5) is 0 Å². The second kappa shape index (κ2) is 4.26. The first-order valence-corrected chi connectivity index (χ1v) is 4.02. The van der Waals surface area contributed by atoms with Gasteiger partial charge in [0.25, 0.3) is 0 Å². The summed E-state index contributed by atoms with van der Waals surface area (Å²) in [5.41, 5.74) is 0.974. The van der Waals surface area contributed by atoms with Crippen molar-refractivity contribution < 1.29 is 5.11 Å². The van der Waals surface area contributed by atoms with Crippen LogP contribution in [-0.2, 0) is 0 Å². The van der Waals surface area contributed by atoms with E-state index in [1.165, 1.54) is 0 Å². The van der Waals surface area contributed by atoms with Crippen molar-refractivity contribution in [3.05, 3.63) is 34.6 Å². The van der Waals surface area contributed by atoms with Gasteiger partial charge in [0.05, 0.1) is 6.61 Å². The Kier molecular flexibility index (Phi) is 3.26. The van der Waals surface area contributed by atoms with Crippen LogP contribution in [0.5, 0.6) is 0 Å². The molecule has 0 radical (unpaired) electrons. The summed E-state index contributed by atoms with van der Waals surface area (Å²) < 4.78 is 0.796. The molecule has 1 rings (SSSR count). The average Bonchev–Trinajstić information content (AvgIpc) is 2.03. The van der Waals surface area contributed by atoms with Gasteiger partial charge in [0.1, 0.15) is 4.60 Å². The van der Waals surface area contributed by atoms with E-state index in [1.807, 2.05) is 18.2 Å². The van der Waals surface area contributed by atoms with Crippen LogP contribution in [0.25, 0.3) is 6.08 Å². The van der Waals surface area contributed by atoms with Crippen LogP contribution < -0.4 is 0 Å². The van der Waals surface area contributed by atoms with Gasteiger partial charge in [-0.05, 0) is 22.0 Å². The van der Waals surface area contributed by atoms with Gasteiger partial charge in [0, 0.05) is 11.8 Å². The highest BCUT2D eigenvalue weighted by Gasteiger charge is 1.92. The van der Waals surface area contributed by atoms with Gasteiger partial charge in [0.15, 0.2) is 0 Å². The quantitative estimate of drug-likeness (QED) is 0.762. The molecule has 0 spiro atoms. The van der Waals surface area contributed by atoms with Crippen molar-refractivity contribution in [1.29, 1.82) is 0 Å². The zero-order valence-corrected chi connectivity index (χ0v) is 7.45. The molecule has 1 aromatic heterocycles. The Morgan fingerprint density at radius 1 is 1.64 bits per heavy atom. The smallest absolute Gasteiger partial charge is 0.113 e. The van der Waals surface area contributed by atoms with E-state index in [4.69, 9.17) is 5.11 Å². The van der Waals surface area contributed by atoms with E-state index >= 15 is 0 Å². The van der Waals surface area contributed by atoms with E-state index < -0.39 is 0 Å². The number of aliphatic hydroxyl groups excluding tert-OH is 1. The lowest BCUT2D eigenvalue weighted by atomic mass is 10.3. The number of rotatable bonds is 2. The van der Waals surface area contributed by atoms with Crippen molar-refractivity contribution in [2.75, 3.05) is 6.61 Å². The molecule has 0 fully saturated rings. The molecule has 1 N–H and O–H groups in total. The lowest BCUT2D eigenvalue weighted by molar-refractivity contribution is 0.343. The summed E-state index contributed by atoms with van der Waals surface area (Å²) in [5.74, 6) is 0. The predicted molar refractivity (Wildman–Crippen MR) is 48.1 cm³/mol. The number of nitrogens with zero attached hydrogens (tertiary/aromatic N) is 1. The van der Waals surface area contributed by atoms with E-state index in [1.54, 1.807) is 12.3 Å². The van der Waals surface area contributed by atoms with Crippen molar-refractivity contribution in [1.82, 2.24) is 4.98 Å². The van der Waals surface area contributed by atoms with E-state index in [0.717, 1.165) is 10.2 Å². The molecular weight excluding hydrogens is 206 g/mol. The highest BCUT2D eigenvalue weighted by Crippen LogP contribution is 2.13. The van der Waals surface area contributed by atoms with Crippen LogP contribution >= 0.6 is 15.9 Å². The Hall–Kier alpha value is -0.670. The molecule has 0 saturated carbocycles. The zero-order chi connectivity index (χ0) is 8.10. The van der Waals surface area contributed by atoms with Crippen molar-refractivity contribution in [2.24, 2.45) is 0 Å². The van der Waals surface area contributed by atoms with Crippen LogP contribution in [0.15, 0.2) is 29.0 Å². The fourth-order valence-corrected chi connectivity index (χ4v) is 1.09. The monoisotopic (exact) mass is 213 g/mol. The molecule has 1 aromatic rings. The fourth-order valence-electron chi connectivity index (χ4n) is 0.702. The Bertz CT molecular complexity index is 260. The van der Waals surface area contributed by atoms with Crippen LogP contribution in [-0.4, -0.2) is 16.7 Å². The molecular formula is C8H8BrNO. The maximum atomic E-state index is 8.50. The number of pyridine rings is 1. The molecule has 0 aliphatic heterocycles. The second-order valence-electron chi connectivity index (χ2n) is 1.97. The Labute approximate surface area is 73.7 Å². The first-order chi connectivity index (χ1) is 5.34. The minimum absolute atomic E-state index is 0.0569. The summed E-state index contributed by atoms with van der Waals surface area (Å²) in [6.45, 7) is 0.0569. The van der Waals surface area contributed by atoms with Gasteiger partial charge >= 0.3 is 0 Å². The first-order valence-electron chi connectivity index (χ1n) is 3.22. The lowest BCUT2D eigenvalue weighted by Crippen LogP contribution is -1.79. The van der Waals surface area contributed by atoms with Crippen molar-refractivity contribution in [3.8, 4) is 0 Å². The topological polar surface area (TPSA) is 33.1 Å². The molecule has 0 saturated heterocycles. The third-order valence-electron chi connectivity index (χ3n) is 1.19. The van der Waals surface area contributed by atoms with Crippen LogP contribution in [0.2, 0.25) is 0 Å². The summed E-state index contributed by atoms with van der Waals surface area (Å²) in [6.07, 6.45) is 5.19. The SMILES string of the molecule is OC/C=C/c1cccnc1Br. The molecule has 0 bridgehead atoms. The minimum Gasteiger partial charge on any atom is -0.392 e. The highest BCUT2D eigenvalue weighted by molar-refractivity contribution is 9.10. The molecule has 0 aliphatic rings. The Balaban J connectivity index is 2.86. The van der Waals surface area contributed by atoms with Crippen molar-refractivity contribution >= 4 is 22.0 Å². The molecule has 58 valence electrons. The third-order valence-corrected chi connectivity index (χ3v) is 1.85. The Morgan fingerprint density at radius 3 is 3.09 bits per heavy atom. The van der Waals surface area contributed by atoms with Gasteiger partial charge < -0.3 is 5.11 Å². The second-order valence-corrected chi connectivity index (χ2v) is 2.72. The molecule has 3 heteroatoms. The summed E-state index contributed by atoms with van der Waals surface area (Å²) in [6, 6.07) is 3.77. The standard InChI is InChI=1S/C8H8BrNO/c9-8-7(4-2-6-11)3-1-5-10-8/h1-5,11H,6H2/b4-2+. The highest BCUT2D eigenvalue weighted by atomic mass is 79.9. The first kappa shape index (κ1) is 8.43. The molecule has 1 heterocycles. The Morgan fingerprint density at radius 2 is 2.45 bits per heavy atom. The summed E-state index contributed by atoms with van der Waals surface area (Å²) >= 11 is 3.28. The van der Waals surface area contributed by atoms with Gasteiger partial charge in [-0.3, -0.25) is 0 Å². The molecule has 11 heavy (non-hydrogen) atoms. The molecule has 0 atom stereocenters. The number of aromatic nitrogens is 1. The van der Waals surface area contributed by atoms with Gasteiger partial charge in [-0.1, -0.05) is 18.2 Å². The predicted octanol–water partition coefficient (Wildman–Crippen LogP) is 1.85. The summed E-state index contributed by atoms with van der Waals surface area (Å²) in [5, 5.41) is 8.50. The van der Waals surface area contributed by atoms with Gasteiger partial charge in [-0.25, -0.2) is 4.98 Å².